The summed E-state index contributed by atoms with van der Waals surface area (Å²) < 4.78 is 0.737. The van der Waals surface area contributed by atoms with Gasteiger partial charge in [0.1, 0.15) is 4.32 Å². The molecule has 0 aromatic rings. The van der Waals surface area contributed by atoms with Crippen molar-refractivity contribution < 1.29 is 4.79 Å². The third-order valence-electron chi connectivity index (χ3n) is 1.07. The van der Waals surface area contributed by atoms with Crippen LogP contribution in [0.4, 0.5) is 0 Å². The molecule has 0 heterocycles. The van der Waals surface area contributed by atoms with E-state index in [1.165, 1.54) is 11.8 Å². The predicted octanol–water partition coefficient (Wildman–Crippen LogP) is 0.702. The van der Waals surface area contributed by atoms with Crippen molar-refractivity contribution in [1.29, 1.82) is 0 Å². The van der Waals surface area contributed by atoms with E-state index in [4.69, 9.17) is 12.2 Å². The molecule has 5 heteroatoms. The SMILES string of the molecule is CCNC(=O)CSC(=S)N(C)C. The Morgan fingerprint density at radius 3 is 2.58 bits per heavy atom. The lowest BCUT2D eigenvalue weighted by Gasteiger charge is -2.11. The molecule has 70 valence electrons. The summed E-state index contributed by atoms with van der Waals surface area (Å²) in [6.07, 6.45) is 0. The Balaban J connectivity index is 3.54. The minimum absolute atomic E-state index is 0.0340. The van der Waals surface area contributed by atoms with Gasteiger partial charge in [-0.15, -0.1) is 0 Å². The van der Waals surface area contributed by atoms with E-state index in [-0.39, 0.29) is 5.91 Å². The van der Waals surface area contributed by atoms with Crippen molar-refractivity contribution in [3.05, 3.63) is 0 Å². The van der Waals surface area contributed by atoms with Crippen LogP contribution in [0.2, 0.25) is 0 Å². The molecule has 0 aliphatic carbocycles. The van der Waals surface area contributed by atoms with Gasteiger partial charge >= 0.3 is 0 Å². The summed E-state index contributed by atoms with van der Waals surface area (Å²) in [7, 11) is 3.74. The Morgan fingerprint density at radius 2 is 2.17 bits per heavy atom. The Labute approximate surface area is 82.9 Å². The van der Waals surface area contributed by atoms with Crippen LogP contribution in [0.15, 0.2) is 0 Å². The minimum Gasteiger partial charge on any atom is -0.364 e. The number of carbonyl (C=O) groups excluding carboxylic acids is 1. The summed E-state index contributed by atoms with van der Waals surface area (Å²) in [5.74, 6) is 0.442. The van der Waals surface area contributed by atoms with Crippen molar-refractivity contribution in [3.8, 4) is 0 Å². The highest BCUT2D eigenvalue weighted by molar-refractivity contribution is 8.23. The van der Waals surface area contributed by atoms with Gasteiger partial charge in [-0.3, -0.25) is 4.79 Å². The molecule has 0 aliphatic heterocycles. The van der Waals surface area contributed by atoms with Gasteiger partial charge in [0.05, 0.1) is 5.75 Å². The molecule has 0 atom stereocenters. The van der Waals surface area contributed by atoms with Crippen molar-refractivity contribution in [2.75, 3.05) is 26.4 Å². The van der Waals surface area contributed by atoms with Crippen molar-refractivity contribution in [2.24, 2.45) is 0 Å². The molecule has 0 saturated heterocycles. The molecule has 0 saturated carbocycles. The molecular weight excluding hydrogens is 192 g/mol. The molecular formula is C7H14N2OS2. The highest BCUT2D eigenvalue weighted by Gasteiger charge is 2.03. The molecule has 0 spiro atoms. The zero-order valence-electron chi connectivity index (χ0n) is 7.59. The van der Waals surface area contributed by atoms with E-state index in [1.54, 1.807) is 0 Å². The normalized spacial score (nSPS) is 9.25. The molecule has 0 fully saturated rings. The number of amides is 1. The van der Waals surface area contributed by atoms with Crippen LogP contribution in [0.5, 0.6) is 0 Å². The summed E-state index contributed by atoms with van der Waals surface area (Å²) in [4.78, 5) is 12.8. The first kappa shape index (κ1) is 11.7. The Bertz CT molecular complexity index is 171. The van der Waals surface area contributed by atoms with Crippen LogP contribution in [0.1, 0.15) is 6.92 Å². The van der Waals surface area contributed by atoms with Gasteiger partial charge in [-0.05, 0) is 6.92 Å². The number of rotatable bonds is 3. The van der Waals surface area contributed by atoms with Crippen molar-refractivity contribution >= 4 is 34.2 Å². The Kier molecular flexibility index (Phi) is 6.10. The zero-order valence-corrected chi connectivity index (χ0v) is 9.22. The summed E-state index contributed by atoms with van der Waals surface area (Å²) in [5.41, 5.74) is 0. The summed E-state index contributed by atoms with van der Waals surface area (Å²) in [6, 6.07) is 0. The van der Waals surface area contributed by atoms with Crippen molar-refractivity contribution in [1.82, 2.24) is 10.2 Å². The zero-order chi connectivity index (χ0) is 9.56. The van der Waals surface area contributed by atoms with Crippen LogP contribution in [0.3, 0.4) is 0 Å². The molecule has 12 heavy (non-hydrogen) atoms. The first-order valence-corrected chi connectivity index (χ1v) is 5.08. The number of hydrogen-bond donors (Lipinski definition) is 1. The van der Waals surface area contributed by atoms with Gasteiger partial charge in [-0.1, -0.05) is 24.0 Å². The van der Waals surface area contributed by atoms with E-state index in [2.05, 4.69) is 5.32 Å². The molecule has 0 unspecified atom stereocenters. The maximum Gasteiger partial charge on any atom is 0.230 e. The average molecular weight is 206 g/mol. The van der Waals surface area contributed by atoms with Crippen LogP contribution < -0.4 is 5.32 Å². The lowest BCUT2D eigenvalue weighted by atomic mass is 10.6. The fourth-order valence-electron chi connectivity index (χ4n) is 0.505. The van der Waals surface area contributed by atoms with Gasteiger partial charge in [0.25, 0.3) is 0 Å². The highest BCUT2D eigenvalue weighted by Crippen LogP contribution is 2.05. The predicted molar refractivity (Wildman–Crippen MR) is 57.4 cm³/mol. The van der Waals surface area contributed by atoms with Crippen LogP contribution in [0, 0.1) is 0 Å². The van der Waals surface area contributed by atoms with E-state index in [0.717, 1.165) is 4.32 Å². The Hall–Kier alpha value is -0.290. The molecule has 0 bridgehead atoms. The molecule has 1 amide bonds. The fraction of sp³-hybridized carbons (Fsp3) is 0.714. The third-order valence-corrected chi connectivity index (χ3v) is 2.80. The first-order chi connectivity index (χ1) is 5.57. The number of thiocarbonyl (C=S) groups is 1. The van der Waals surface area contributed by atoms with Gasteiger partial charge in [-0.2, -0.15) is 0 Å². The van der Waals surface area contributed by atoms with Gasteiger partial charge in [0, 0.05) is 20.6 Å². The number of thioether (sulfide) groups is 1. The standard InChI is InChI=1S/C7H14N2OS2/c1-4-8-6(10)5-12-7(11)9(2)3/h4-5H2,1-3H3,(H,8,10). The second kappa shape index (κ2) is 6.25. The molecule has 1 N–H and O–H groups in total. The van der Waals surface area contributed by atoms with E-state index in [1.807, 2.05) is 25.9 Å². The quantitative estimate of drug-likeness (QED) is 0.689. The highest BCUT2D eigenvalue weighted by atomic mass is 32.2. The molecule has 3 nitrogen and oxygen atoms in total. The number of nitrogens with one attached hydrogen (secondary N) is 1. The lowest BCUT2D eigenvalue weighted by molar-refractivity contribution is -0.118. The smallest absolute Gasteiger partial charge is 0.230 e. The molecule has 0 radical (unpaired) electrons. The van der Waals surface area contributed by atoms with Crippen molar-refractivity contribution in [3.63, 3.8) is 0 Å². The molecule has 0 aromatic carbocycles. The monoisotopic (exact) mass is 206 g/mol. The number of carbonyl (C=O) groups is 1. The van der Waals surface area contributed by atoms with E-state index < -0.39 is 0 Å². The fourth-order valence-corrected chi connectivity index (χ4v) is 1.30. The van der Waals surface area contributed by atoms with Crippen LogP contribution in [-0.4, -0.2) is 41.5 Å². The summed E-state index contributed by atoms with van der Waals surface area (Å²) >= 11 is 6.37. The molecule has 0 aliphatic rings. The second-order valence-corrected chi connectivity index (χ2v) is 4.01. The van der Waals surface area contributed by atoms with E-state index >= 15 is 0 Å². The number of nitrogens with zero attached hydrogens (tertiary/aromatic N) is 1. The molecule has 0 rings (SSSR count). The van der Waals surface area contributed by atoms with Crippen LogP contribution >= 0.6 is 24.0 Å². The van der Waals surface area contributed by atoms with Gasteiger partial charge in [0.2, 0.25) is 5.91 Å². The number of hydrogen-bond acceptors (Lipinski definition) is 3. The largest absolute Gasteiger partial charge is 0.364 e. The lowest BCUT2D eigenvalue weighted by Crippen LogP contribution is -2.26. The van der Waals surface area contributed by atoms with Gasteiger partial charge in [0.15, 0.2) is 0 Å². The average Bonchev–Trinajstić information content (AvgIpc) is 2.00. The van der Waals surface area contributed by atoms with Gasteiger partial charge in [-0.25, -0.2) is 0 Å². The van der Waals surface area contributed by atoms with Crippen molar-refractivity contribution in [2.45, 2.75) is 6.92 Å². The maximum atomic E-state index is 11.0. The topological polar surface area (TPSA) is 32.3 Å². The minimum atomic E-state index is 0.0340. The third kappa shape index (κ3) is 5.37. The Morgan fingerprint density at radius 1 is 1.58 bits per heavy atom. The first-order valence-electron chi connectivity index (χ1n) is 3.68. The molecule has 0 aromatic heterocycles. The van der Waals surface area contributed by atoms with Gasteiger partial charge < -0.3 is 10.2 Å². The summed E-state index contributed by atoms with van der Waals surface area (Å²) in [5, 5.41) is 2.70. The van der Waals surface area contributed by atoms with Crippen LogP contribution in [0.25, 0.3) is 0 Å². The second-order valence-electron chi connectivity index (χ2n) is 2.40. The summed E-state index contributed by atoms with van der Waals surface area (Å²) in [6.45, 7) is 2.57. The van der Waals surface area contributed by atoms with E-state index in [9.17, 15) is 4.79 Å². The maximum absolute atomic E-state index is 11.0. The van der Waals surface area contributed by atoms with E-state index in [0.29, 0.717) is 12.3 Å². The van der Waals surface area contributed by atoms with Crippen LogP contribution in [-0.2, 0) is 4.79 Å².